The third kappa shape index (κ3) is 7.58. The second kappa shape index (κ2) is 13.4. The normalized spacial score (nSPS) is 13.6. The van der Waals surface area contributed by atoms with Gasteiger partial charge in [-0.3, -0.25) is 14.4 Å². The lowest BCUT2D eigenvalue weighted by Crippen LogP contribution is -2.48. The number of carboxylic acids is 1. The largest absolute Gasteiger partial charge is 0.481 e. The van der Waals surface area contributed by atoms with Gasteiger partial charge in [-0.25, -0.2) is 0 Å². The highest BCUT2D eigenvalue weighted by molar-refractivity contribution is 7.10. The molecule has 2 aromatic heterocycles. The number of carbonyl (C=O) groups excluding carboxylic acids is 2. The molecule has 202 valence electrons. The lowest BCUT2D eigenvalue weighted by molar-refractivity contribution is -0.139. The number of thiophene rings is 2. The van der Waals surface area contributed by atoms with Crippen LogP contribution in [0.25, 0.3) is 0 Å². The SMILES string of the molecule is CCCC[C@H](NC(=O)CC(CC(=O)O)c1ccc2c(c1)OCO2)C(=O)N(Cc1cccs1)Cc1cccs1. The van der Waals surface area contributed by atoms with E-state index < -0.39 is 17.9 Å². The molecule has 8 nitrogen and oxygen atoms in total. The van der Waals surface area contributed by atoms with Gasteiger partial charge in [0.15, 0.2) is 11.5 Å². The van der Waals surface area contributed by atoms with Crippen LogP contribution in [-0.2, 0) is 27.5 Å². The molecule has 0 saturated carbocycles. The summed E-state index contributed by atoms with van der Waals surface area (Å²) in [6, 6.07) is 12.5. The van der Waals surface area contributed by atoms with E-state index in [1.54, 1.807) is 45.8 Å². The van der Waals surface area contributed by atoms with E-state index >= 15 is 0 Å². The minimum atomic E-state index is -1.00. The Bertz CT molecular complexity index is 1180. The zero-order valence-electron chi connectivity index (χ0n) is 21.3. The van der Waals surface area contributed by atoms with E-state index in [0.717, 1.165) is 22.6 Å². The van der Waals surface area contributed by atoms with Gasteiger partial charge in [-0.15, -0.1) is 22.7 Å². The monoisotopic (exact) mass is 556 g/mol. The number of amides is 2. The standard InChI is InChI=1S/C28H32N2O6S2/c1-2-3-8-23(28(34)30(16-21-6-4-11-37-21)17-22-7-5-12-38-22)29-26(31)14-20(15-27(32)33)19-9-10-24-25(13-19)36-18-35-24/h4-7,9-13,20,23H,2-3,8,14-18H2,1H3,(H,29,31)(H,32,33)/t20?,23-/m0/s1. The third-order valence-electron chi connectivity index (χ3n) is 6.37. The zero-order chi connectivity index (χ0) is 26.9. The molecule has 1 aliphatic heterocycles. The van der Waals surface area contributed by atoms with E-state index in [4.69, 9.17) is 9.47 Å². The first-order chi connectivity index (χ1) is 18.4. The smallest absolute Gasteiger partial charge is 0.303 e. The van der Waals surface area contributed by atoms with Crippen molar-refractivity contribution in [2.45, 2.75) is 64.1 Å². The van der Waals surface area contributed by atoms with Crippen molar-refractivity contribution in [3.63, 3.8) is 0 Å². The number of unbranched alkanes of at least 4 members (excludes halogenated alkanes) is 1. The average molecular weight is 557 g/mol. The zero-order valence-corrected chi connectivity index (χ0v) is 22.9. The van der Waals surface area contributed by atoms with Crippen molar-refractivity contribution in [3.05, 3.63) is 68.5 Å². The van der Waals surface area contributed by atoms with Crippen molar-refractivity contribution in [2.75, 3.05) is 6.79 Å². The molecule has 3 heterocycles. The summed E-state index contributed by atoms with van der Waals surface area (Å²) in [5, 5.41) is 16.4. The van der Waals surface area contributed by atoms with Crippen molar-refractivity contribution in [2.24, 2.45) is 0 Å². The van der Waals surface area contributed by atoms with Gasteiger partial charge >= 0.3 is 5.97 Å². The quantitative estimate of drug-likeness (QED) is 0.276. The summed E-state index contributed by atoms with van der Waals surface area (Å²) in [5.41, 5.74) is 0.681. The van der Waals surface area contributed by atoms with E-state index in [9.17, 15) is 19.5 Å². The highest BCUT2D eigenvalue weighted by Gasteiger charge is 2.29. The number of ether oxygens (including phenoxy) is 2. The summed E-state index contributed by atoms with van der Waals surface area (Å²) in [6.07, 6.45) is 1.90. The summed E-state index contributed by atoms with van der Waals surface area (Å²) in [6.45, 7) is 3.08. The number of benzene rings is 1. The number of carbonyl (C=O) groups is 3. The van der Waals surface area contributed by atoms with Crippen LogP contribution in [0.3, 0.4) is 0 Å². The Morgan fingerprint density at radius 2 is 1.68 bits per heavy atom. The Hall–Kier alpha value is -3.37. The molecule has 0 spiro atoms. The summed E-state index contributed by atoms with van der Waals surface area (Å²) < 4.78 is 10.8. The van der Waals surface area contributed by atoms with Gasteiger partial charge in [-0.05, 0) is 47.0 Å². The van der Waals surface area contributed by atoms with Gasteiger partial charge in [0.1, 0.15) is 6.04 Å². The first kappa shape index (κ1) is 27.7. The van der Waals surface area contributed by atoms with Crippen LogP contribution in [0.5, 0.6) is 11.5 Å². The van der Waals surface area contributed by atoms with E-state index in [-0.39, 0.29) is 31.4 Å². The number of hydrogen-bond acceptors (Lipinski definition) is 7. The van der Waals surface area contributed by atoms with Crippen LogP contribution >= 0.6 is 22.7 Å². The first-order valence-corrected chi connectivity index (χ1v) is 14.4. The minimum Gasteiger partial charge on any atom is -0.481 e. The Morgan fingerprint density at radius 3 is 2.29 bits per heavy atom. The van der Waals surface area contributed by atoms with Crippen molar-refractivity contribution >= 4 is 40.5 Å². The Kier molecular flexibility index (Phi) is 9.78. The molecule has 1 unspecified atom stereocenters. The average Bonchev–Trinajstić information content (AvgIpc) is 3.68. The van der Waals surface area contributed by atoms with Gasteiger partial charge in [0.05, 0.1) is 19.5 Å². The molecule has 4 rings (SSSR count). The lowest BCUT2D eigenvalue weighted by atomic mass is 9.91. The second-order valence-corrected chi connectivity index (χ2v) is 11.3. The maximum Gasteiger partial charge on any atom is 0.303 e. The Labute approximate surface area is 230 Å². The number of nitrogens with zero attached hydrogens (tertiary/aromatic N) is 1. The maximum absolute atomic E-state index is 13.8. The van der Waals surface area contributed by atoms with Crippen LogP contribution in [0.2, 0.25) is 0 Å². The first-order valence-electron chi connectivity index (χ1n) is 12.7. The molecule has 1 aliphatic rings. The van der Waals surface area contributed by atoms with Gasteiger partial charge < -0.3 is 24.8 Å². The molecule has 2 amide bonds. The minimum absolute atomic E-state index is 0.0578. The number of rotatable bonds is 14. The number of carboxylic acid groups (broad SMARTS) is 1. The summed E-state index contributed by atoms with van der Waals surface area (Å²) in [5.74, 6) is -0.933. The van der Waals surface area contributed by atoms with Gasteiger partial charge in [0, 0.05) is 22.1 Å². The molecule has 0 saturated heterocycles. The number of fused-ring (bicyclic) bond motifs is 1. The van der Waals surface area contributed by atoms with Gasteiger partial charge in [0.25, 0.3) is 0 Å². The third-order valence-corrected chi connectivity index (χ3v) is 8.09. The van der Waals surface area contributed by atoms with Crippen molar-refractivity contribution in [3.8, 4) is 11.5 Å². The predicted octanol–water partition coefficient (Wildman–Crippen LogP) is 5.39. The van der Waals surface area contributed by atoms with Crippen LogP contribution in [0, 0.1) is 0 Å². The van der Waals surface area contributed by atoms with Gasteiger partial charge in [-0.2, -0.15) is 0 Å². The molecule has 10 heteroatoms. The van der Waals surface area contributed by atoms with E-state index in [2.05, 4.69) is 5.32 Å². The summed E-state index contributed by atoms with van der Waals surface area (Å²) in [4.78, 5) is 42.6. The fourth-order valence-electron chi connectivity index (χ4n) is 4.44. The highest BCUT2D eigenvalue weighted by Crippen LogP contribution is 2.36. The van der Waals surface area contributed by atoms with Crippen LogP contribution in [-0.4, -0.2) is 40.6 Å². The lowest BCUT2D eigenvalue weighted by Gasteiger charge is -2.28. The van der Waals surface area contributed by atoms with Gasteiger partial charge in [0.2, 0.25) is 18.6 Å². The number of nitrogens with one attached hydrogen (secondary N) is 1. The van der Waals surface area contributed by atoms with Crippen LogP contribution in [0.4, 0.5) is 0 Å². The molecule has 1 aromatic carbocycles. The number of hydrogen-bond donors (Lipinski definition) is 2. The van der Waals surface area contributed by atoms with Crippen molar-refractivity contribution < 1.29 is 29.0 Å². The molecule has 2 atom stereocenters. The van der Waals surface area contributed by atoms with Gasteiger partial charge in [-0.1, -0.05) is 38.0 Å². The number of aliphatic carboxylic acids is 1. The fraction of sp³-hybridized carbons (Fsp3) is 0.393. The van der Waals surface area contributed by atoms with E-state index in [0.29, 0.717) is 36.6 Å². The van der Waals surface area contributed by atoms with Crippen LogP contribution in [0.15, 0.2) is 53.2 Å². The van der Waals surface area contributed by atoms with Crippen LogP contribution in [0.1, 0.15) is 60.3 Å². The molecular formula is C28H32N2O6S2. The molecular weight excluding hydrogens is 524 g/mol. The summed E-state index contributed by atoms with van der Waals surface area (Å²) in [7, 11) is 0. The summed E-state index contributed by atoms with van der Waals surface area (Å²) >= 11 is 3.18. The van der Waals surface area contributed by atoms with Crippen LogP contribution < -0.4 is 14.8 Å². The highest BCUT2D eigenvalue weighted by atomic mass is 32.1. The second-order valence-electron chi connectivity index (χ2n) is 9.23. The molecule has 0 bridgehead atoms. The fourth-order valence-corrected chi connectivity index (χ4v) is 5.88. The topological polar surface area (TPSA) is 105 Å². The molecule has 0 aliphatic carbocycles. The van der Waals surface area contributed by atoms with E-state index in [1.807, 2.05) is 41.9 Å². The van der Waals surface area contributed by atoms with Crippen molar-refractivity contribution in [1.29, 1.82) is 0 Å². The van der Waals surface area contributed by atoms with E-state index in [1.165, 1.54) is 0 Å². The Morgan fingerprint density at radius 1 is 1.00 bits per heavy atom. The molecule has 3 aromatic rings. The Balaban J connectivity index is 1.49. The molecule has 0 fully saturated rings. The van der Waals surface area contributed by atoms with Crippen molar-refractivity contribution in [1.82, 2.24) is 10.2 Å². The predicted molar refractivity (Wildman–Crippen MR) is 147 cm³/mol. The molecule has 0 radical (unpaired) electrons. The maximum atomic E-state index is 13.8. The molecule has 2 N–H and O–H groups in total. The molecule has 38 heavy (non-hydrogen) atoms.